The Morgan fingerprint density at radius 3 is 2.46 bits per heavy atom. The van der Waals surface area contributed by atoms with Crippen molar-refractivity contribution in [2.75, 3.05) is 20.2 Å². The van der Waals surface area contributed by atoms with Crippen molar-refractivity contribution in [2.45, 2.75) is 25.8 Å². The first-order chi connectivity index (χ1) is 13.6. The van der Waals surface area contributed by atoms with Gasteiger partial charge in [0.05, 0.1) is 17.8 Å². The van der Waals surface area contributed by atoms with E-state index in [1.807, 2.05) is 30.3 Å². The maximum Gasteiger partial charge on any atom is 0.178 e. The maximum absolute atomic E-state index is 6.43. The molecular formula is C20H21Cl2N5O. The van der Waals surface area contributed by atoms with Gasteiger partial charge in [-0.15, -0.1) is 5.10 Å². The molecule has 2 heterocycles. The number of aromatic nitrogens is 4. The van der Waals surface area contributed by atoms with E-state index in [0.29, 0.717) is 21.6 Å². The largest absolute Gasteiger partial charge is 0.495 e. The summed E-state index contributed by atoms with van der Waals surface area (Å²) in [5.41, 5.74) is 2.95. The van der Waals surface area contributed by atoms with E-state index in [2.05, 4.69) is 27.3 Å². The number of hydrogen-bond acceptors (Lipinski definition) is 5. The number of tetrazole rings is 1. The average molecular weight is 418 g/mol. The molecule has 1 saturated heterocycles. The quantitative estimate of drug-likeness (QED) is 0.612. The first-order valence-electron chi connectivity index (χ1n) is 9.21. The van der Waals surface area contributed by atoms with Crippen LogP contribution in [0.1, 0.15) is 35.8 Å². The van der Waals surface area contributed by atoms with E-state index in [1.54, 1.807) is 17.9 Å². The van der Waals surface area contributed by atoms with Crippen LogP contribution in [-0.4, -0.2) is 45.3 Å². The van der Waals surface area contributed by atoms with Gasteiger partial charge in [0, 0.05) is 10.6 Å². The number of aryl methyl sites for hydroxylation is 1. The zero-order valence-corrected chi connectivity index (χ0v) is 17.3. The minimum Gasteiger partial charge on any atom is -0.495 e. The van der Waals surface area contributed by atoms with Crippen LogP contribution in [0, 0.1) is 6.92 Å². The lowest BCUT2D eigenvalue weighted by Gasteiger charge is -2.28. The van der Waals surface area contributed by atoms with Crippen LogP contribution >= 0.6 is 23.2 Å². The predicted molar refractivity (Wildman–Crippen MR) is 110 cm³/mol. The molecule has 0 radical (unpaired) electrons. The third kappa shape index (κ3) is 3.60. The average Bonchev–Trinajstić information content (AvgIpc) is 3.35. The SMILES string of the molecule is COc1c(Cl)cc(Cl)cc1C(c1nnnn1-c1ccc(C)cc1)N1CCCC1. The van der Waals surface area contributed by atoms with Crippen molar-refractivity contribution < 1.29 is 4.74 Å². The third-order valence-electron chi connectivity index (χ3n) is 5.06. The Balaban J connectivity index is 1.88. The second kappa shape index (κ2) is 8.07. The molecule has 0 aliphatic carbocycles. The molecule has 6 nitrogen and oxygen atoms in total. The Kier molecular flexibility index (Phi) is 5.53. The van der Waals surface area contributed by atoms with Crippen LogP contribution in [0.4, 0.5) is 0 Å². The fourth-order valence-electron chi connectivity index (χ4n) is 3.73. The lowest BCUT2D eigenvalue weighted by Crippen LogP contribution is -2.29. The van der Waals surface area contributed by atoms with E-state index in [4.69, 9.17) is 27.9 Å². The molecule has 1 aliphatic rings. The van der Waals surface area contributed by atoms with Crippen LogP contribution < -0.4 is 4.74 Å². The zero-order chi connectivity index (χ0) is 19.7. The highest BCUT2D eigenvalue weighted by Gasteiger charge is 2.33. The van der Waals surface area contributed by atoms with Crippen molar-refractivity contribution in [3.05, 3.63) is 63.4 Å². The van der Waals surface area contributed by atoms with E-state index in [1.165, 1.54) is 5.56 Å². The molecule has 146 valence electrons. The molecule has 0 amide bonds. The minimum absolute atomic E-state index is 0.218. The second-order valence-electron chi connectivity index (χ2n) is 6.94. The molecule has 4 rings (SSSR count). The summed E-state index contributed by atoms with van der Waals surface area (Å²) in [7, 11) is 1.61. The van der Waals surface area contributed by atoms with E-state index in [9.17, 15) is 0 Å². The van der Waals surface area contributed by atoms with Gasteiger partial charge in [0.1, 0.15) is 11.8 Å². The summed E-state index contributed by atoms with van der Waals surface area (Å²) in [6.45, 7) is 3.94. The van der Waals surface area contributed by atoms with Crippen LogP contribution in [0.2, 0.25) is 10.0 Å². The van der Waals surface area contributed by atoms with Gasteiger partial charge in [-0.3, -0.25) is 4.90 Å². The van der Waals surface area contributed by atoms with Gasteiger partial charge in [-0.1, -0.05) is 40.9 Å². The first-order valence-corrected chi connectivity index (χ1v) is 9.96. The van der Waals surface area contributed by atoms with Gasteiger partial charge in [-0.25, -0.2) is 0 Å². The number of halogens is 2. The predicted octanol–water partition coefficient (Wildman–Crippen LogP) is 4.47. The molecule has 1 atom stereocenters. The molecule has 3 aromatic rings. The van der Waals surface area contributed by atoms with Crippen LogP contribution in [0.5, 0.6) is 5.75 Å². The topological polar surface area (TPSA) is 56.1 Å². The van der Waals surface area contributed by atoms with Crippen LogP contribution in [0.3, 0.4) is 0 Å². The highest BCUT2D eigenvalue weighted by molar-refractivity contribution is 6.35. The van der Waals surface area contributed by atoms with Crippen LogP contribution in [-0.2, 0) is 0 Å². The molecule has 1 unspecified atom stereocenters. The fraction of sp³-hybridized carbons (Fsp3) is 0.350. The number of likely N-dealkylation sites (tertiary alicyclic amines) is 1. The summed E-state index contributed by atoms with van der Waals surface area (Å²) in [6.07, 6.45) is 2.25. The Hall–Kier alpha value is -2.15. The van der Waals surface area contributed by atoms with Gasteiger partial charge < -0.3 is 4.74 Å². The Labute approximate surface area is 174 Å². The van der Waals surface area contributed by atoms with Crippen molar-refractivity contribution in [1.29, 1.82) is 0 Å². The summed E-state index contributed by atoms with van der Waals surface area (Å²) in [6, 6.07) is 11.5. The van der Waals surface area contributed by atoms with E-state index in [-0.39, 0.29) is 6.04 Å². The monoisotopic (exact) mass is 417 g/mol. The number of hydrogen-bond donors (Lipinski definition) is 0. The van der Waals surface area contributed by atoms with E-state index in [0.717, 1.165) is 37.2 Å². The van der Waals surface area contributed by atoms with Crippen molar-refractivity contribution >= 4 is 23.2 Å². The van der Waals surface area contributed by atoms with E-state index >= 15 is 0 Å². The summed E-state index contributed by atoms with van der Waals surface area (Å²) < 4.78 is 7.41. The summed E-state index contributed by atoms with van der Waals surface area (Å²) in [4.78, 5) is 2.35. The van der Waals surface area contributed by atoms with Gasteiger partial charge in [0.15, 0.2) is 5.82 Å². The molecule has 0 bridgehead atoms. The molecule has 1 aliphatic heterocycles. The summed E-state index contributed by atoms with van der Waals surface area (Å²) in [5, 5.41) is 13.6. The molecule has 0 saturated carbocycles. The highest BCUT2D eigenvalue weighted by atomic mass is 35.5. The molecule has 1 fully saturated rings. The lowest BCUT2D eigenvalue weighted by atomic mass is 10.0. The first kappa shape index (κ1) is 19.2. The molecule has 0 spiro atoms. The zero-order valence-electron chi connectivity index (χ0n) is 15.8. The number of nitrogens with zero attached hydrogens (tertiary/aromatic N) is 5. The Bertz CT molecular complexity index is 967. The molecule has 1 aromatic heterocycles. The Morgan fingerprint density at radius 1 is 1.07 bits per heavy atom. The number of methoxy groups -OCH3 is 1. The standard InChI is InChI=1S/C20H21Cl2N5O/c1-13-5-7-15(8-6-13)27-20(23-24-25-27)18(26-9-3-4-10-26)16-11-14(21)12-17(22)19(16)28-2/h5-8,11-12,18H,3-4,9-10H2,1-2H3. The number of benzene rings is 2. The van der Waals surface area contributed by atoms with Crippen LogP contribution in [0.25, 0.3) is 5.69 Å². The lowest BCUT2D eigenvalue weighted by molar-refractivity contribution is 0.261. The van der Waals surface area contributed by atoms with Crippen molar-refractivity contribution in [3.8, 4) is 11.4 Å². The molecule has 8 heteroatoms. The summed E-state index contributed by atoms with van der Waals surface area (Å²) >= 11 is 12.8. The van der Waals surface area contributed by atoms with Gasteiger partial charge in [-0.05, 0) is 67.5 Å². The van der Waals surface area contributed by atoms with Crippen molar-refractivity contribution in [2.24, 2.45) is 0 Å². The maximum atomic E-state index is 6.43. The highest BCUT2D eigenvalue weighted by Crippen LogP contribution is 2.41. The molecule has 0 N–H and O–H groups in total. The van der Waals surface area contributed by atoms with Gasteiger partial charge >= 0.3 is 0 Å². The summed E-state index contributed by atoms with van der Waals surface area (Å²) in [5.74, 6) is 1.31. The van der Waals surface area contributed by atoms with Crippen LogP contribution in [0.15, 0.2) is 36.4 Å². The van der Waals surface area contributed by atoms with Crippen molar-refractivity contribution in [3.63, 3.8) is 0 Å². The fourth-order valence-corrected chi connectivity index (χ4v) is 4.32. The van der Waals surface area contributed by atoms with E-state index < -0.39 is 0 Å². The number of rotatable bonds is 5. The molecule has 2 aromatic carbocycles. The normalized spacial score (nSPS) is 15.7. The number of ether oxygens (including phenoxy) is 1. The Morgan fingerprint density at radius 2 is 1.79 bits per heavy atom. The van der Waals surface area contributed by atoms with Gasteiger partial charge in [0.25, 0.3) is 0 Å². The van der Waals surface area contributed by atoms with Crippen molar-refractivity contribution in [1.82, 2.24) is 25.1 Å². The third-order valence-corrected chi connectivity index (χ3v) is 5.56. The van der Waals surface area contributed by atoms with Gasteiger partial charge in [-0.2, -0.15) is 4.68 Å². The van der Waals surface area contributed by atoms with Gasteiger partial charge in [0.2, 0.25) is 0 Å². The molecule has 28 heavy (non-hydrogen) atoms. The smallest absolute Gasteiger partial charge is 0.178 e. The second-order valence-corrected chi connectivity index (χ2v) is 7.78. The molecular weight excluding hydrogens is 397 g/mol. The minimum atomic E-state index is -0.218.